The number of rotatable bonds is 1. The third-order valence-corrected chi connectivity index (χ3v) is 2.66. The molecule has 0 spiro atoms. The zero-order chi connectivity index (χ0) is 9.42. The van der Waals surface area contributed by atoms with Crippen LogP contribution in [-0.4, -0.2) is 16.9 Å². The van der Waals surface area contributed by atoms with Crippen LogP contribution in [-0.2, 0) is 7.05 Å². The molecule has 0 radical (unpaired) electrons. The molecule has 0 saturated carbocycles. The minimum atomic E-state index is 0.839. The van der Waals surface area contributed by atoms with Crippen molar-refractivity contribution in [2.75, 3.05) is 7.11 Å². The van der Waals surface area contributed by atoms with Crippen LogP contribution < -0.4 is 4.74 Å². The number of benzene rings is 1. The lowest BCUT2D eigenvalue weighted by Crippen LogP contribution is -1.89. The lowest BCUT2D eigenvalue weighted by atomic mass is 10.2. The molecule has 0 aliphatic rings. The molecule has 0 fully saturated rings. The molecule has 68 valence electrons. The highest BCUT2D eigenvalue weighted by atomic mass is 79.9. The highest BCUT2D eigenvalue weighted by Gasteiger charge is 2.08. The van der Waals surface area contributed by atoms with E-state index in [1.807, 2.05) is 23.9 Å². The van der Waals surface area contributed by atoms with E-state index >= 15 is 0 Å². The second kappa shape index (κ2) is 3.03. The van der Waals surface area contributed by atoms with Crippen molar-refractivity contribution >= 4 is 26.8 Å². The highest BCUT2D eigenvalue weighted by molar-refractivity contribution is 9.10. The standard InChI is InChI=1S/C9H9BrN2O/c1-12-8-4-3-7(10)9(13-2)6(8)5-11-12/h3-5H,1-2H3. The van der Waals surface area contributed by atoms with Crippen molar-refractivity contribution in [1.29, 1.82) is 0 Å². The maximum absolute atomic E-state index is 5.27. The lowest BCUT2D eigenvalue weighted by Gasteiger charge is -2.03. The van der Waals surface area contributed by atoms with Crippen LogP contribution in [0.15, 0.2) is 22.8 Å². The van der Waals surface area contributed by atoms with Crippen molar-refractivity contribution in [3.8, 4) is 5.75 Å². The SMILES string of the molecule is COc1c(Br)ccc2c1cnn2C. The molecule has 3 nitrogen and oxygen atoms in total. The number of aryl methyl sites for hydroxylation is 1. The van der Waals surface area contributed by atoms with Gasteiger partial charge in [0, 0.05) is 7.05 Å². The summed E-state index contributed by atoms with van der Waals surface area (Å²) in [5.74, 6) is 0.839. The second-order valence-electron chi connectivity index (χ2n) is 2.78. The van der Waals surface area contributed by atoms with Gasteiger partial charge in [0.25, 0.3) is 0 Å². The summed E-state index contributed by atoms with van der Waals surface area (Å²) < 4.78 is 8.05. The normalized spacial score (nSPS) is 10.7. The number of ether oxygens (including phenoxy) is 1. The maximum Gasteiger partial charge on any atom is 0.144 e. The first kappa shape index (κ1) is 8.56. The van der Waals surface area contributed by atoms with Crippen LogP contribution in [0, 0.1) is 0 Å². The molecule has 1 aromatic heterocycles. The Labute approximate surface area is 84.4 Å². The van der Waals surface area contributed by atoms with Gasteiger partial charge in [-0.25, -0.2) is 0 Å². The number of hydrogen-bond donors (Lipinski definition) is 0. The molecular weight excluding hydrogens is 232 g/mol. The molecule has 1 aromatic carbocycles. The Kier molecular flexibility index (Phi) is 2.00. The lowest BCUT2D eigenvalue weighted by molar-refractivity contribution is 0.417. The Bertz CT molecular complexity index is 450. The highest BCUT2D eigenvalue weighted by Crippen LogP contribution is 2.32. The third-order valence-electron chi connectivity index (χ3n) is 2.04. The van der Waals surface area contributed by atoms with E-state index in [0.29, 0.717) is 0 Å². The number of halogens is 1. The van der Waals surface area contributed by atoms with Gasteiger partial charge < -0.3 is 4.74 Å². The van der Waals surface area contributed by atoms with Crippen LogP contribution in [0.1, 0.15) is 0 Å². The predicted octanol–water partition coefficient (Wildman–Crippen LogP) is 2.34. The van der Waals surface area contributed by atoms with Crippen molar-refractivity contribution in [3.63, 3.8) is 0 Å². The van der Waals surface area contributed by atoms with Crippen LogP contribution in [0.5, 0.6) is 5.75 Å². The third kappa shape index (κ3) is 1.21. The van der Waals surface area contributed by atoms with Gasteiger partial charge in [0.1, 0.15) is 5.75 Å². The molecule has 0 atom stereocenters. The van der Waals surface area contributed by atoms with Crippen LogP contribution in [0.2, 0.25) is 0 Å². The number of nitrogens with zero attached hydrogens (tertiary/aromatic N) is 2. The first-order chi connectivity index (χ1) is 6.24. The molecule has 2 aromatic rings. The average molecular weight is 241 g/mol. The molecule has 1 heterocycles. The Morgan fingerprint density at radius 2 is 2.23 bits per heavy atom. The van der Waals surface area contributed by atoms with E-state index in [0.717, 1.165) is 21.1 Å². The topological polar surface area (TPSA) is 27.1 Å². The van der Waals surface area contributed by atoms with Crippen molar-refractivity contribution in [3.05, 3.63) is 22.8 Å². The minimum Gasteiger partial charge on any atom is -0.495 e. The van der Waals surface area contributed by atoms with Crippen molar-refractivity contribution in [1.82, 2.24) is 9.78 Å². The molecule has 4 heteroatoms. The smallest absolute Gasteiger partial charge is 0.144 e. The van der Waals surface area contributed by atoms with Crippen molar-refractivity contribution < 1.29 is 4.74 Å². The predicted molar refractivity (Wildman–Crippen MR) is 55.0 cm³/mol. The molecule has 0 saturated heterocycles. The largest absolute Gasteiger partial charge is 0.495 e. The van der Waals surface area contributed by atoms with Crippen LogP contribution in [0.4, 0.5) is 0 Å². The first-order valence-corrected chi connectivity index (χ1v) is 4.67. The minimum absolute atomic E-state index is 0.839. The molecule has 0 N–H and O–H groups in total. The van der Waals surface area contributed by atoms with Gasteiger partial charge in [-0.3, -0.25) is 4.68 Å². The van der Waals surface area contributed by atoms with Crippen LogP contribution in [0.3, 0.4) is 0 Å². The number of fused-ring (bicyclic) bond motifs is 1. The zero-order valence-corrected chi connectivity index (χ0v) is 9.00. The van der Waals surface area contributed by atoms with Crippen molar-refractivity contribution in [2.24, 2.45) is 7.05 Å². The molecule has 0 aliphatic carbocycles. The van der Waals surface area contributed by atoms with Gasteiger partial charge >= 0.3 is 0 Å². The Balaban J connectivity index is 2.85. The number of aromatic nitrogens is 2. The van der Waals surface area contributed by atoms with E-state index in [4.69, 9.17) is 4.74 Å². The summed E-state index contributed by atoms with van der Waals surface area (Å²) >= 11 is 3.42. The number of methoxy groups -OCH3 is 1. The summed E-state index contributed by atoms with van der Waals surface area (Å²) in [7, 11) is 3.57. The van der Waals surface area contributed by atoms with Gasteiger partial charge in [-0.2, -0.15) is 5.10 Å². The van der Waals surface area contributed by atoms with Crippen molar-refractivity contribution in [2.45, 2.75) is 0 Å². The summed E-state index contributed by atoms with van der Waals surface area (Å²) in [6.07, 6.45) is 1.80. The molecule has 0 aliphatic heterocycles. The molecule has 0 amide bonds. The molecule has 0 bridgehead atoms. The van der Waals surface area contributed by atoms with E-state index in [1.165, 1.54) is 0 Å². The van der Waals surface area contributed by atoms with Gasteiger partial charge in [0.2, 0.25) is 0 Å². The fourth-order valence-electron chi connectivity index (χ4n) is 1.38. The summed E-state index contributed by atoms with van der Waals surface area (Å²) in [5, 5.41) is 5.19. The Hall–Kier alpha value is -1.03. The van der Waals surface area contributed by atoms with Crippen LogP contribution >= 0.6 is 15.9 Å². The van der Waals surface area contributed by atoms with Gasteiger partial charge in [0.05, 0.1) is 28.7 Å². The first-order valence-electron chi connectivity index (χ1n) is 3.88. The maximum atomic E-state index is 5.27. The number of hydrogen-bond acceptors (Lipinski definition) is 2. The quantitative estimate of drug-likeness (QED) is 0.766. The summed E-state index contributed by atoms with van der Waals surface area (Å²) in [4.78, 5) is 0. The fourth-order valence-corrected chi connectivity index (χ4v) is 1.89. The van der Waals surface area contributed by atoms with Gasteiger partial charge in [-0.1, -0.05) is 0 Å². The molecule has 0 unspecified atom stereocenters. The van der Waals surface area contributed by atoms with E-state index in [1.54, 1.807) is 13.3 Å². The van der Waals surface area contributed by atoms with Gasteiger partial charge in [0.15, 0.2) is 0 Å². The van der Waals surface area contributed by atoms with E-state index in [9.17, 15) is 0 Å². The van der Waals surface area contributed by atoms with Crippen LogP contribution in [0.25, 0.3) is 10.9 Å². The Morgan fingerprint density at radius 3 is 2.92 bits per heavy atom. The molecule has 13 heavy (non-hydrogen) atoms. The zero-order valence-electron chi connectivity index (χ0n) is 7.41. The molecular formula is C9H9BrN2O. The van der Waals surface area contributed by atoms with Gasteiger partial charge in [-0.15, -0.1) is 0 Å². The summed E-state index contributed by atoms with van der Waals surface area (Å²) in [6, 6.07) is 3.97. The second-order valence-corrected chi connectivity index (χ2v) is 3.64. The van der Waals surface area contributed by atoms with E-state index < -0.39 is 0 Å². The summed E-state index contributed by atoms with van der Waals surface area (Å²) in [6.45, 7) is 0. The molecule has 2 rings (SSSR count). The summed E-state index contributed by atoms with van der Waals surface area (Å²) in [5.41, 5.74) is 1.07. The fraction of sp³-hybridized carbons (Fsp3) is 0.222. The monoisotopic (exact) mass is 240 g/mol. The Morgan fingerprint density at radius 1 is 1.46 bits per heavy atom. The van der Waals surface area contributed by atoms with E-state index in [2.05, 4.69) is 21.0 Å². The van der Waals surface area contributed by atoms with E-state index in [-0.39, 0.29) is 0 Å². The van der Waals surface area contributed by atoms with Gasteiger partial charge in [-0.05, 0) is 28.1 Å². The average Bonchev–Trinajstić information content (AvgIpc) is 2.48.